The first-order chi connectivity index (χ1) is 8.65. The molecular formula is C13H19Cl2N3. The predicted octanol–water partition coefficient (Wildman–Crippen LogP) is 3.00. The smallest absolute Gasteiger partial charge is 0.129 e. The lowest BCUT2D eigenvalue weighted by atomic mass is 10.2. The minimum absolute atomic E-state index is 0.358. The van der Waals surface area contributed by atoms with Gasteiger partial charge in [-0.15, -0.1) is 11.6 Å². The van der Waals surface area contributed by atoms with E-state index in [1.54, 1.807) is 0 Å². The van der Waals surface area contributed by atoms with Gasteiger partial charge < -0.3 is 4.90 Å². The number of hydrogen-bond donors (Lipinski definition) is 0. The molecule has 1 aromatic rings. The minimum Gasteiger partial charge on any atom is -0.354 e. The van der Waals surface area contributed by atoms with E-state index in [4.69, 9.17) is 23.2 Å². The predicted molar refractivity (Wildman–Crippen MR) is 77.7 cm³/mol. The lowest BCUT2D eigenvalue weighted by Gasteiger charge is -2.40. The first-order valence-corrected chi connectivity index (χ1v) is 7.27. The Balaban J connectivity index is 2.13. The maximum Gasteiger partial charge on any atom is 0.129 e. The molecule has 0 bridgehead atoms. The Morgan fingerprint density at radius 1 is 1.39 bits per heavy atom. The summed E-state index contributed by atoms with van der Waals surface area (Å²) in [4.78, 5) is 9.33. The van der Waals surface area contributed by atoms with Crippen LogP contribution in [-0.4, -0.2) is 42.1 Å². The number of nitrogens with zero attached hydrogens (tertiary/aromatic N) is 3. The van der Waals surface area contributed by atoms with Crippen LogP contribution in [-0.2, 0) is 5.88 Å². The number of likely N-dealkylation sites (N-methyl/N-ethyl adjacent to an activating group) is 1. The highest BCUT2D eigenvalue weighted by Crippen LogP contribution is 2.22. The molecule has 0 amide bonds. The third kappa shape index (κ3) is 2.90. The minimum atomic E-state index is 0.358. The quantitative estimate of drug-likeness (QED) is 0.797. The van der Waals surface area contributed by atoms with Crippen LogP contribution in [0, 0.1) is 0 Å². The molecule has 0 saturated carbocycles. The largest absolute Gasteiger partial charge is 0.354 e. The van der Waals surface area contributed by atoms with Gasteiger partial charge in [-0.1, -0.05) is 18.5 Å². The van der Waals surface area contributed by atoms with Crippen molar-refractivity contribution in [3.63, 3.8) is 0 Å². The summed E-state index contributed by atoms with van der Waals surface area (Å²) in [5.41, 5.74) is 0.765. The zero-order chi connectivity index (χ0) is 13.1. The van der Waals surface area contributed by atoms with Gasteiger partial charge in [0.05, 0.1) is 16.6 Å². The van der Waals surface area contributed by atoms with E-state index in [0.717, 1.165) is 37.7 Å². The number of alkyl halides is 1. The van der Waals surface area contributed by atoms with Crippen molar-refractivity contribution in [1.82, 2.24) is 9.88 Å². The SMILES string of the molecule is CCN1CCN(c2ccc(Cl)c(CCl)n2)CC1C. The van der Waals surface area contributed by atoms with Gasteiger partial charge in [-0.25, -0.2) is 4.98 Å². The van der Waals surface area contributed by atoms with E-state index in [1.807, 2.05) is 12.1 Å². The van der Waals surface area contributed by atoms with Crippen molar-refractivity contribution >= 4 is 29.0 Å². The van der Waals surface area contributed by atoms with Crippen molar-refractivity contribution < 1.29 is 0 Å². The highest BCUT2D eigenvalue weighted by Gasteiger charge is 2.23. The Hall–Kier alpha value is -0.510. The molecule has 0 N–H and O–H groups in total. The lowest BCUT2D eigenvalue weighted by molar-refractivity contribution is 0.199. The molecule has 0 aromatic carbocycles. The summed E-state index contributed by atoms with van der Waals surface area (Å²) in [7, 11) is 0. The van der Waals surface area contributed by atoms with E-state index in [1.165, 1.54) is 0 Å². The first-order valence-electron chi connectivity index (χ1n) is 6.36. The lowest BCUT2D eigenvalue weighted by Crippen LogP contribution is -2.52. The Morgan fingerprint density at radius 3 is 2.78 bits per heavy atom. The Morgan fingerprint density at radius 2 is 2.17 bits per heavy atom. The van der Waals surface area contributed by atoms with E-state index in [0.29, 0.717) is 16.9 Å². The molecule has 1 unspecified atom stereocenters. The van der Waals surface area contributed by atoms with Gasteiger partial charge in [0.15, 0.2) is 0 Å². The molecular weight excluding hydrogens is 269 g/mol. The average molecular weight is 288 g/mol. The van der Waals surface area contributed by atoms with E-state index in [2.05, 4.69) is 28.6 Å². The standard InChI is InChI=1S/C13H19Cl2N3/c1-3-17-6-7-18(9-10(17)2)13-5-4-11(15)12(8-14)16-13/h4-5,10H,3,6-9H2,1-2H3. The van der Waals surface area contributed by atoms with Crippen LogP contribution < -0.4 is 4.90 Å². The summed E-state index contributed by atoms with van der Waals surface area (Å²) in [6.45, 7) is 8.67. The summed E-state index contributed by atoms with van der Waals surface area (Å²) in [5, 5.41) is 0.647. The maximum atomic E-state index is 6.04. The highest BCUT2D eigenvalue weighted by atomic mass is 35.5. The molecule has 0 radical (unpaired) electrons. The van der Waals surface area contributed by atoms with Crippen LogP contribution in [0.1, 0.15) is 19.5 Å². The van der Waals surface area contributed by atoms with E-state index >= 15 is 0 Å². The van der Waals surface area contributed by atoms with Crippen molar-refractivity contribution in [2.45, 2.75) is 25.8 Å². The Bertz CT molecular complexity index is 411. The first kappa shape index (κ1) is 13.9. The van der Waals surface area contributed by atoms with Crippen LogP contribution in [0.15, 0.2) is 12.1 Å². The molecule has 0 spiro atoms. The summed E-state index contributed by atoms with van der Waals surface area (Å²) in [5.74, 6) is 1.34. The van der Waals surface area contributed by atoms with Crippen LogP contribution in [0.2, 0.25) is 5.02 Å². The third-order valence-corrected chi connectivity index (χ3v) is 4.12. The normalized spacial score (nSPS) is 21.3. The molecule has 5 heteroatoms. The number of hydrogen-bond acceptors (Lipinski definition) is 3. The molecule has 18 heavy (non-hydrogen) atoms. The summed E-state index contributed by atoms with van der Waals surface area (Å²) < 4.78 is 0. The van der Waals surface area contributed by atoms with Crippen molar-refractivity contribution in [3.05, 3.63) is 22.8 Å². The molecule has 100 valence electrons. The Kier molecular flexibility index (Phi) is 4.71. The van der Waals surface area contributed by atoms with E-state index in [9.17, 15) is 0 Å². The second-order valence-electron chi connectivity index (χ2n) is 4.66. The highest BCUT2D eigenvalue weighted by molar-refractivity contribution is 6.32. The topological polar surface area (TPSA) is 19.4 Å². The molecule has 1 atom stereocenters. The zero-order valence-electron chi connectivity index (χ0n) is 10.9. The molecule has 1 aliphatic rings. The third-order valence-electron chi connectivity index (χ3n) is 3.53. The fourth-order valence-corrected chi connectivity index (χ4v) is 2.86. The number of aromatic nitrogens is 1. The molecule has 1 saturated heterocycles. The molecule has 3 nitrogen and oxygen atoms in total. The zero-order valence-corrected chi connectivity index (χ0v) is 12.4. The van der Waals surface area contributed by atoms with Gasteiger partial charge in [-0.05, 0) is 25.6 Å². The molecule has 2 rings (SSSR count). The van der Waals surface area contributed by atoms with Crippen LogP contribution >= 0.6 is 23.2 Å². The van der Waals surface area contributed by atoms with Gasteiger partial charge >= 0.3 is 0 Å². The maximum absolute atomic E-state index is 6.04. The van der Waals surface area contributed by atoms with Crippen molar-refractivity contribution in [2.75, 3.05) is 31.1 Å². The van der Waals surface area contributed by atoms with Gasteiger partial charge in [0.1, 0.15) is 5.82 Å². The average Bonchev–Trinajstić information content (AvgIpc) is 2.39. The second kappa shape index (κ2) is 6.09. The number of piperazine rings is 1. The number of anilines is 1. The Labute approximate surface area is 119 Å². The number of rotatable bonds is 3. The monoisotopic (exact) mass is 287 g/mol. The van der Waals surface area contributed by atoms with Crippen molar-refractivity contribution in [3.8, 4) is 0 Å². The van der Waals surface area contributed by atoms with E-state index in [-0.39, 0.29) is 0 Å². The van der Waals surface area contributed by atoms with Crippen LogP contribution in [0.3, 0.4) is 0 Å². The fourth-order valence-electron chi connectivity index (χ4n) is 2.42. The summed E-state index contributed by atoms with van der Waals surface area (Å²) in [6.07, 6.45) is 0. The molecule has 0 aliphatic carbocycles. The van der Waals surface area contributed by atoms with Crippen molar-refractivity contribution in [1.29, 1.82) is 0 Å². The summed E-state index contributed by atoms with van der Waals surface area (Å²) >= 11 is 11.9. The van der Waals surface area contributed by atoms with Crippen LogP contribution in [0.5, 0.6) is 0 Å². The van der Waals surface area contributed by atoms with Gasteiger partial charge in [0.2, 0.25) is 0 Å². The van der Waals surface area contributed by atoms with Crippen LogP contribution in [0.4, 0.5) is 5.82 Å². The van der Waals surface area contributed by atoms with Gasteiger partial charge in [-0.2, -0.15) is 0 Å². The number of halogens is 2. The van der Waals surface area contributed by atoms with Crippen LogP contribution in [0.25, 0.3) is 0 Å². The van der Waals surface area contributed by atoms with Gasteiger partial charge in [-0.3, -0.25) is 4.90 Å². The molecule has 1 fully saturated rings. The number of pyridine rings is 1. The van der Waals surface area contributed by atoms with Gasteiger partial charge in [0, 0.05) is 25.7 Å². The van der Waals surface area contributed by atoms with Gasteiger partial charge in [0.25, 0.3) is 0 Å². The molecule has 1 aliphatic heterocycles. The second-order valence-corrected chi connectivity index (χ2v) is 5.33. The molecule has 2 heterocycles. The molecule has 1 aromatic heterocycles. The van der Waals surface area contributed by atoms with E-state index < -0.39 is 0 Å². The summed E-state index contributed by atoms with van der Waals surface area (Å²) in [6, 6.07) is 4.42. The fraction of sp³-hybridized carbons (Fsp3) is 0.615. The van der Waals surface area contributed by atoms with Crippen molar-refractivity contribution in [2.24, 2.45) is 0 Å².